The Balaban J connectivity index is 1.54. The smallest absolute Gasteiger partial charge is 0.234 e. The number of amides is 1. The standard InChI is InChI=1S/C17H29N3O5/c1-23-10-4-18-17(22)12-20-7-5-19(6-8-20)11-15(21)13-24-14-16-3-2-9-25-16/h2-3,9,15,21H,4-8,10-14H2,1H3,(H,18,22). The largest absolute Gasteiger partial charge is 0.467 e. The molecule has 1 aliphatic heterocycles. The Hall–Kier alpha value is -1.45. The van der Waals surface area contributed by atoms with Gasteiger partial charge in [0.2, 0.25) is 5.91 Å². The van der Waals surface area contributed by atoms with Crippen molar-refractivity contribution >= 4 is 5.91 Å². The van der Waals surface area contributed by atoms with Gasteiger partial charge < -0.3 is 24.3 Å². The molecule has 1 fully saturated rings. The number of β-amino-alcohol motifs (C(OH)–C–C–N with tert-alkyl or cyclic N) is 1. The molecule has 142 valence electrons. The fourth-order valence-corrected chi connectivity index (χ4v) is 2.72. The third kappa shape index (κ3) is 7.98. The predicted molar refractivity (Wildman–Crippen MR) is 92.1 cm³/mol. The molecule has 0 aliphatic carbocycles. The molecule has 25 heavy (non-hydrogen) atoms. The zero-order valence-electron chi connectivity index (χ0n) is 14.9. The lowest BCUT2D eigenvalue weighted by Crippen LogP contribution is -2.51. The number of rotatable bonds is 11. The fourth-order valence-electron chi connectivity index (χ4n) is 2.72. The first-order valence-corrected chi connectivity index (χ1v) is 8.66. The van der Waals surface area contributed by atoms with Gasteiger partial charge in [-0.15, -0.1) is 0 Å². The Kier molecular flexibility index (Phi) is 8.92. The van der Waals surface area contributed by atoms with Gasteiger partial charge in [-0.1, -0.05) is 0 Å². The van der Waals surface area contributed by atoms with Gasteiger partial charge in [-0.2, -0.15) is 0 Å². The topological polar surface area (TPSA) is 87.4 Å². The summed E-state index contributed by atoms with van der Waals surface area (Å²) in [6, 6.07) is 3.66. The second-order valence-electron chi connectivity index (χ2n) is 6.17. The van der Waals surface area contributed by atoms with E-state index in [9.17, 15) is 9.90 Å². The maximum atomic E-state index is 11.8. The molecular weight excluding hydrogens is 326 g/mol. The van der Waals surface area contributed by atoms with Gasteiger partial charge in [-0.3, -0.25) is 14.6 Å². The lowest BCUT2D eigenvalue weighted by Gasteiger charge is -2.35. The van der Waals surface area contributed by atoms with Crippen molar-refractivity contribution in [1.29, 1.82) is 0 Å². The molecule has 8 heteroatoms. The second kappa shape index (κ2) is 11.2. The van der Waals surface area contributed by atoms with E-state index >= 15 is 0 Å². The zero-order chi connectivity index (χ0) is 17.9. The molecule has 0 radical (unpaired) electrons. The molecule has 0 saturated carbocycles. The molecule has 1 atom stereocenters. The van der Waals surface area contributed by atoms with E-state index < -0.39 is 6.10 Å². The number of hydrogen-bond donors (Lipinski definition) is 2. The number of hydrogen-bond acceptors (Lipinski definition) is 7. The summed E-state index contributed by atoms with van der Waals surface area (Å²) in [4.78, 5) is 16.1. The summed E-state index contributed by atoms with van der Waals surface area (Å²) < 4.78 is 15.5. The molecule has 1 saturated heterocycles. The van der Waals surface area contributed by atoms with Gasteiger partial charge in [0.15, 0.2) is 0 Å². The Morgan fingerprint density at radius 1 is 1.36 bits per heavy atom. The molecular formula is C17H29N3O5. The quantitative estimate of drug-likeness (QED) is 0.519. The molecule has 2 rings (SSSR count). The Morgan fingerprint density at radius 3 is 2.80 bits per heavy atom. The average Bonchev–Trinajstić information content (AvgIpc) is 3.10. The first-order valence-electron chi connectivity index (χ1n) is 8.66. The van der Waals surface area contributed by atoms with Gasteiger partial charge in [0, 0.05) is 46.4 Å². The molecule has 8 nitrogen and oxygen atoms in total. The predicted octanol–water partition coefficient (Wildman–Crippen LogP) is -0.463. The molecule has 2 heterocycles. The van der Waals surface area contributed by atoms with Crippen molar-refractivity contribution in [3.63, 3.8) is 0 Å². The van der Waals surface area contributed by atoms with Crippen molar-refractivity contribution in [1.82, 2.24) is 15.1 Å². The fraction of sp³-hybridized carbons (Fsp3) is 0.706. The van der Waals surface area contributed by atoms with Crippen LogP contribution in [-0.2, 0) is 20.9 Å². The van der Waals surface area contributed by atoms with Crippen molar-refractivity contribution in [3.8, 4) is 0 Å². The van der Waals surface area contributed by atoms with Crippen LogP contribution in [0.3, 0.4) is 0 Å². The van der Waals surface area contributed by atoms with Crippen molar-refractivity contribution in [2.75, 3.05) is 66.1 Å². The van der Waals surface area contributed by atoms with Crippen LogP contribution in [0, 0.1) is 0 Å². The Morgan fingerprint density at radius 2 is 2.12 bits per heavy atom. The zero-order valence-corrected chi connectivity index (χ0v) is 14.9. The van der Waals surface area contributed by atoms with Crippen LogP contribution >= 0.6 is 0 Å². The number of ether oxygens (including phenoxy) is 2. The van der Waals surface area contributed by atoms with E-state index in [4.69, 9.17) is 13.9 Å². The van der Waals surface area contributed by atoms with Crippen molar-refractivity contribution in [3.05, 3.63) is 24.2 Å². The van der Waals surface area contributed by atoms with E-state index in [1.807, 2.05) is 12.1 Å². The molecule has 0 aromatic carbocycles. The number of carbonyl (C=O) groups is 1. The number of nitrogens with zero attached hydrogens (tertiary/aromatic N) is 2. The van der Waals surface area contributed by atoms with Crippen LogP contribution in [0.5, 0.6) is 0 Å². The lowest BCUT2D eigenvalue weighted by atomic mass is 10.2. The summed E-state index contributed by atoms with van der Waals surface area (Å²) in [5.74, 6) is 0.779. The molecule has 1 aliphatic rings. The van der Waals surface area contributed by atoms with Crippen LogP contribution in [0.1, 0.15) is 5.76 Å². The SMILES string of the molecule is COCCNC(=O)CN1CCN(CC(O)COCc2ccco2)CC1. The highest BCUT2D eigenvalue weighted by Crippen LogP contribution is 2.05. The minimum absolute atomic E-state index is 0.0249. The van der Waals surface area contributed by atoms with E-state index in [1.54, 1.807) is 13.4 Å². The molecule has 1 aromatic rings. The van der Waals surface area contributed by atoms with E-state index in [1.165, 1.54) is 0 Å². The molecule has 0 spiro atoms. The molecule has 1 aromatic heterocycles. The van der Waals surface area contributed by atoms with Crippen LogP contribution < -0.4 is 5.32 Å². The summed E-state index contributed by atoms with van der Waals surface area (Å²) >= 11 is 0. The molecule has 1 unspecified atom stereocenters. The van der Waals surface area contributed by atoms with Crippen LogP contribution in [0.4, 0.5) is 0 Å². The highest BCUT2D eigenvalue weighted by molar-refractivity contribution is 5.77. The van der Waals surface area contributed by atoms with Gasteiger partial charge >= 0.3 is 0 Å². The summed E-state index contributed by atoms with van der Waals surface area (Å²) in [7, 11) is 1.61. The highest BCUT2D eigenvalue weighted by atomic mass is 16.5. The third-order valence-corrected chi connectivity index (χ3v) is 4.06. The van der Waals surface area contributed by atoms with Crippen LogP contribution in [0.2, 0.25) is 0 Å². The number of furan rings is 1. The van der Waals surface area contributed by atoms with Crippen molar-refractivity contribution in [2.24, 2.45) is 0 Å². The van der Waals surface area contributed by atoms with Crippen LogP contribution in [0.15, 0.2) is 22.8 Å². The van der Waals surface area contributed by atoms with E-state index in [2.05, 4.69) is 15.1 Å². The monoisotopic (exact) mass is 355 g/mol. The van der Waals surface area contributed by atoms with E-state index in [-0.39, 0.29) is 12.5 Å². The Labute approximate surface area is 148 Å². The van der Waals surface area contributed by atoms with Gasteiger partial charge in [0.1, 0.15) is 12.4 Å². The lowest BCUT2D eigenvalue weighted by molar-refractivity contribution is -0.122. The summed E-state index contributed by atoms with van der Waals surface area (Å²) in [5.41, 5.74) is 0. The van der Waals surface area contributed by atoms with Crippen molar-refractivity contribution in [2.45, 2.75) is 12.7 Å². The number of methoxy groups -OCH3 is 1. The maximum Gasteiger partial charge on any atom is 0.234 e. The summed E-state index contributed by atoms with van der Waals surface area (Å²) in [6.07, 6.45) is 1.07. The minimum Gasteiger partial charge on any atom is -0.467 e. The van der Waals surface area contributed by atoms with E-state index in [0.717, 1.165) is 31.9 Å². The minimum atomic E-state index is -0.529. The number of carbonyl (C=O) groups excluding carboxylic acids is 1. The van der Waals surface area contributed by atoms with Gasteiger partial charge in [0.25, 0.3) is 0 Å². The normalized spacial score (nSPS) is 17.5. The summed E-state index contributed by atoms with van der Waals surface area (Å²) in [6.45, 7) is 6.01. The van der Waals surface area contributed by atoms with Crippen LogP contribution in [0.25, 0.3) is 0 Å². The number of nitrogens with one attached hydrogen (secondary N) is 1. The summed E-state index contributed by atoms with van der Waals surface area (Å²) in [5, 5.41) is 12.9. The first-order chi connectivity index (χ1) is 12.2. The van der Waals surface area contributed by atoms with E-state index in [0.29, 0.717) is 32.8 Å². The number of piperazine rings is 1. The van der Waals surface area contributed by atoms with Gasteiger partial charge in [-0.05, 0) is 12.1 Å². The number of aliphatic hydroxyl groups is 1. The first kappa shape index (κ1) is 19.9. The average molecular weight is 355 g/mol. The molecule has 2 N–H and O–H groups in total. The van der Waals surface area contributed by atoms with Gasteiger partial charge in [0.05, 0.1) is 32.1 Å². The third-order valence-electron chi connectivity index (χ3n) is 4.06. The Bertz CT molecular complexity index is 475. The van der Waals surface area contributed by atoms with Crippen LogP contribution in [-0.4, -0.2) is 93.1 Å². The molecule has 1 amide bonds. The maximum absolute atomic E-state index is 11.8. The highest BCUT2D eigenvalue weighted by Gasteiger charge is 2.20. The second-order valence-corrected chi connectivity index (χ2v) is 6.17. The number of aliphatic hydroxyl groups excluding tert-OH is 1. The van der Waals surface area contributed by atoms with Gasteiger partial charge in [-0.25, -0.2) is 0 Å². The van der Waals surface area contributed by atoms with Crippen molar-refractivity contribution < 1.29 is 23.8 Å². The molecule has 0 bridgehead atoms.